The molecule has 49 heavy (non-hydrogen) atoms. The van der Waals surface area contributed by atoms with E-state index in [0.717, 1.165) is 56.5 Å². The van der Waals surface area contributed by atoms with E-state index in [1.165, 1.54) is 19.3 Å². The molecule has 0 saturated carbocycles. The maximum Gasteiger partial charge on any atom is 0.494 e. The van der Waals surface area contributed by atoms with Gasteiger partial charge < -0.3 is 28.1 Å². The molecule has 2 heterocycles. The molecule has 6 nitrogen and oxygen atoms in total. The molecule has 0 bridgehead atoms. The SMILES string of the molecule is C#CC#CC#COc1ccc(C2(c3ccc(OCCCCCC)cc3)c3cc(B4OCCO4)ccc3-c3ccc(B4OCCO4)cc32)cc1. The fourth-order valence-electron chi connectivity index (χ4n) is 7.01. The van der Waals surface area contributed by atoms with Crippen LogP contribution in [0.3, 0.4) is 0 Å². The highest BCUT2D eigenvalue weighted by molar-refractivity contribution is 6.62. The molecule has 0 unspecified atom stereocenters. The summed E-state index contributed by atoms with van der Waals surface area (Å²) in [6.07, 6.45) is 12.4. The van der Waals surface area contributed by atoms with Crippen molar-refractivity contribution in [3.05, 3.63) is 107 Å². The third kappa shape index (κ3) is 6.60. The largest absolute Gasteiger partial charge is 0.494 e. The van der Waals surface area contributed by atoms with Gasteiger partial charge in [0.1, 0.15) is 17.6 Å². The maximum absolute atomic E-state index is 6.18. The van der Waals surface area contributed by atoms with Gasteiger partial charge in [-0.2, -0.15) is 0 Å². The van der Waals surface area contributed by atoms with Crippen molar-refractivity contribution in [3.63, 3.8) is 0 Å². The summed E-state index contributed by atoms with van der Waals surface area (Å²) in [7, 11) is -0.837. The number of ether oxygens (including phenoxy) is 2. The molecule has 2 aliphatic heterocycles. The van der Waals surface area contributed by atoms with Gasteiger partial charge in [-0.25, -0.2) is 0 Å². The van der Waals surface area contributed by atoms with Gasteiger partial charge in [0.15, 0.2) is 0 Å². The van der Waals surface area contributed by atoms with Crippen molar-refractivity contribution < 1.29 is 28.1 Å². The van der Waals surface area contributed by atoms with Gasteiger partial charge in [-0.15, -0.1) is 6.42 Å². The van der Waals surface area contributed by atoms with E-state index in [1.807, 2.05) is 12.1 Å². The molecule has 0 aromatic heterocycles. The molecule has 3 aliphatic rings. The fourth-order valence-corrected chi connectivity index (χ4v) is 7.01. The summed E-state index contributed by atoms with van der Waals surface area (Å²) in [5, 5.41) is 0. The molecule has 0 atom stereocenters. The van der Waals surface area contributed by atoms with E-state index in [-0.39, 0.29) is 0 Å². The predicted octanol–water partition coefficient (Wildman–Crippen LogP) is 5.47. The van der Waals surface area contributed by atoms with Crippen molar-refractivity contribution in [1.82, 2.24) is 0 Å². The first-order valence-electron chi connectivity index (χ1n) is 16.9. The Hall–Kier alpha value is -4.87. The first kappa shape index (κ1) is 32.7. The summed E-state index contributed by atoms with van der Waals surface area (Å²) in [5.41, 5.74) is 7.96. The molecule has 7 rings (SSSR count). The lowest BCUT2D eigenvalue weighted by atomic mass is 9.65. The lowest BCUT2D eigenvalue weighted by Crippen LogP contribution is -2.36. The Morgan fingerprint density at radius 1 is 0.653 bits per heavy atom. The zero-order valence-corrected chi connectivity index (χ0v) is 27.6. The van der Waals surface area contributed by atoms with Crippen molar-refractivity contribution in [2.75, 3.05) is 33.0 Å². The molecule has 2 fully saturated rings. The quantitative estimate of drug-likeness (QED) is 0.108. The number of benzene rings is 4. The topological polar surface area (TPSA) is 55.4 Å². The van der Waals surface area contributed by atoms with Gasteiger partial charge in [0.05, 0.1) is 38.4 Å². The van der Waals surface area contributed by atoms with Gasteiger partial charge in [-0.3, -0.25) is 0 Å². The van der Waals surface area contributed by atoms with Crippen LogP contribution in [0.25, 0.3) is 11.1 Å². The van der Waals surface area contributed by atoms with Crippen molar-refractivity contribution in [2.45, 2.75) is 38.0 Å². The van der Waals surface area contributed by atoms with Gasteiger partial charge in [-0.05, 0) is 86.8 Å². The van der Waals surface area contributed by atoms with Crippen LogP contribution < -0.4 is 20.4 Å². The lowest BCUT2D eigenvalue weighted by molar-refractivity contribution is 0.305. The van der Waals surface area contributed by atoms with Crippen molar-refractivity contribution in [1.29, 1.82) is 0 Å². The fraction of sp³-hybridized carbons (Fsp3) is 0.268. The monoisotopic (exact) mass is 646 g/mol. The minimum atomic E-state index is -0.712. The van der Waals surface area contributed by atoms with E-state index < -0.39 is 19.7 Å². The second kappa shape index (κ2) is 15.1. The number of hydrogen-bond donors (Lipinski definition) is 0. The number of hydrogen-bond acceptors (Lipinski definition) is 6. The lowest BCUT2D eigenvalue weighted by Gasteiger charge is -2.34. The molecule has 242 valence electrons. The number of fused-ring (bicyclic) bond motifs is 3. The Kier molecular flexibility index (Phi) is 10.1. The van der Waals surface area contributed by atoms with E-state index in [1.54, 1.807) is 0 Å². The molecule has 8 heteroatoms. The molecule has 0 radical (unpaired) electrons. The van der Waals surface area contributed by atoms with E-state index in [4.69, 9.17) is 34.5 Å². The standard InChI is InChI=1S/C41H36B2O6/c1-3-5-7-9-23-44-35-17-11-31(12-18-35)41(32-13-19-36(20-14-32)45-24-10-8-6-4-2)39-29-33(42-46-25-26-47-42)15-21-37(39)38-22-16-34(30-40(38)41)43-48-27-28-49-43/h1,11-22,29-30H,4,6,8,10,24-28H2,2H3. The van der Waals surface area contributed by atoms with E-state index in [9.17, 15) is 0 Å². The van der Waals surface area contributed by atoms with Crippen LogP contribution >= 0.6 is 0 Å². The summed E-state index contributed by atoms with van der Waals surface area (Å²) in [4.78, 5) is 0. The molecular weight excluding hydrogens is 610 g/mol. The first-order chi connectivity index (χ1) is 24.2. The minimum absolute atomic E-state index is 0.419. The Balaban J connectivity index is 1.37. The maximum atomic E-state index is 6.18. The zero-order valence-electron chi connectivity index (χ0n) is 27.6. The average molecular weight is 646 g/mol. The van der Waals surface area contributed by atoms with Crippen LogP contribution in [-0.4, -0.2) is 47.3 Å². The van der Waals surface area contributed by atoms with Crippen LogP contribution in [0.1, 0.15) is 54.9 Å². The van der Waals surface area contributed by atoms with Crippen LogP contribution in [0.5, 0.6) is 11.5 Å². The molecule has 2 saturated heterocycles. The highest BCUT2D eigenvalue weighted by atomic mass is 16.6. The highest BCUT2D eigenvalue weighted by Gasteiger charge is 2.47. The van der Waals surface area contributed by atoms with Crippen molar-refractivity contribution in [2.24, 2.45) is 0 Å². The summed E-state index contributed by atoms with van der Waals surface area (Å²) < 4.78 is 35.8. The summed E-state index contributed by atoms with van der Waals surface area (Å²) >= 11 is 0. The molecule has 4 aromatic carbocycles. The van der Waals surface area contributed by atoms with Gasteiger partial charge in [-0.1, -0.05) is 86.8 Å². The normalized spacial score (nSPS) is 15.3. The Labute approximate surface area is 289 Å². The van der Waals surface area contributed by atoms with Crippen molar-refractivity contribution in [3.8, 4) is 58.8 Å². The van der Waals surface area contributed by atoms with Crippen LogP contribution in [0, 0.1) is 36.2 Å². The average Bonchev–Trinajstić information content (AvgIpc) is 3.93. The first-order valence-corrected chi connectivity index (χ1v) is 16.9. The van der Waals surface area contributed by atoms with Gasteiger partial charge in [0.2, 0.25) is 0 Å². The predicted molar refractivity (Wildman–Crippen MR) is 193 cm³/mol. The minimum Gasteiger partial charge on any atom is -0.494 e. The number of terminal acetylenes is 1. The number of unbranched alkanes of at least 4 members (excludes halogenated alkanes) is 3. The molecule has 0 amide bonds. The van der Waals surface area contributed by atoms with Crippen LogP contribution in [-0.2, 0) is 24.0 Å². The molecular formula is C41H36B2O6. The molecule has 4 aromatic rings. The van der Waals surface area contributed by atoms with Crippen molar-refractivity contribution >= 4 is 25.2 Å². The van der Waals surface area contributed by atoms with E-state index in [2.05, 4.69) is 110 Å². The Morgan fingerprint density at radius 3 is 1.73 bits per heavy atom. The van der Waals surface area contributed by atoms with Crippen LogP contribution in [0.2, 0.25) is 0 Å². The Morgan fingerprint density at radius 2 is 1.20 bits per heavy atom. The third-order valence-corrected chi connectivity index (χ3v) is 9.23. The van der Waals surface area contributed by atoms with Gasteiger partial charge >= 0.3 is 14.2 Å². The van der Waals surface area contributed by atoms with Crippen LogP contribution in [0.15, 0.2) is 84.9 Å². The summed E-state index contributed by atoms with van der Waals surface area (Å²) in [6, 6.07) is 29.7. The highest BCUT2D eigenvalue weighted by Crippen LogP contribution is 2.56. The summed E-state index contributed by atoms with van der Waals surface area (Å²) in [6.45, 7) is 5.18. The second-order valence-corrected chi connectivity index (χ2v) is 12.2. The molecule has 1 aliphatic carbocycles. The molecule has 0 spiro atoms. The van der Waals surface area contributed by atoms with Gasteiger partial charge in [0.25, 0.3) is 0 Å². The van der Waals surface area contributed by atoms with Crippen LogP contribution in [0.4, 0.5) is 0 Å². The molecule has 0 N–H and O–H groups in total. The van der Waals surface area contributed by atoms with Gasteiger partial charge in [0, 0.05) is 11.8 Å². The van der Waals surface area contributed by atoms with E-state index >= 15 is 0 Å². The number of rotatable bonds is 11. The second-order valence-electron chi connectivity index (χ2n) is 12.2. The third-order valence-electron chi connectivity index (χ3n) is 9.23. The zero-order chi connectivity index (χ0) is 33.5. The smallest absolute Gasteiger partial charge is 0.494 e. The summed E-state index contributed by atoms with van der Waals surface area (Å²) in [5.74, 6) is 11.4. The Bertz CT molecular complexity index is 1880. The van der Waals surface area contributed by atoms with E-state index in [0.29, 0.717) is 38.8 Å².